The van der Waals surface area contributed by atoms with Gasteiger partial charge >= 0.3 is 0 Å². The summed E-state index contributed by atoms with van der Waals surface area (Å²) in [6.07, 6.45) is 1.58. The molecule has 0 atom stereocenters. The fourth-order valence-corrected chi connectivity index (χ4v) is 4.16. The number of ether oxygens (including phenoxy) is 1. The minimum atomic E-state index is -0.357. The Labute approximate surface area is 186 Å². The highest BCUT2D eigenvalue weighted by Crippen LogP contribution is 2.34. The van der Waals surface area contributed by atoms with Crippen LogP contribution < -0.4 is 10.1 Å². The normalized spacial score (nSPS) is 10.8. The first-order valence-corrected chi connectivity index (χ1v) is 10.5. The lowest BCUT2D eigenvalue weighted by molar-refractivity contribution is 0.103. The van der Waals surface area contributed by atoms with Crippen molar-refractivity contribution < 1.29 is 13.9 Å². The summed E-state index contributed by atoms with van der Waals surface area (Å²) in [5.41, 5.74) is 2.14. The summed E-state index contributed by atoms with van der Waals surface area (Å²) in [6, 6.07) is 20.5. The summed E-state index contributed by atoms with van der Waals surface area (Å²) >= 11 is 1.25. The summed E-state index contributed by atoms with van der Waals surface area (Å²) in [6.45, 7) is 0. The van der Waals surface area contributed by atoms with Crippen molar-refractivity contribution in [3.63, 3.8) is 0 Å². The number of hydrogen-bond donors (Lipinski definition) is 2. The van der Waals surface area contributed by atoms with Gasteiger partial charge in [0.1, 0.15) is 10.6 Å². The molecule has 0 saturated heterocycles. The van der Waals surface area contributed by atoms with E-state index in [2.05, 4.69) is 25.5 Å². The number of para-hydroxylation sites is 1. The number of benzene rings is 2. The largest absolute Gasteiger partial charge is 0.496 e. The smallest absolute Gasteiger partial charge is 0.270 e. The molecule has 0 aliphatic heterocycles. The van der Waals surface area contributed by atoms with Gasteiger partial charge in [0.15, 0.2) is 16.6 Å². The number of methoxy groups -OCH3 is 1. The lowest BCUT2D eigenvalue weighted by atomic mass is 10.1. The molecule has 5 rings (SSSR count). The number of nitrogens with one attached hydrogen (secondary N) is 2. The second kappa shape index (κ2) is 8.48. The third kappa shape index (κ3) is 3.77. The van der Waals surface area contributed by atoms with Crippen molar-refractivity contribution in [2.45, 2.75) is 0 Å². The molecule has 0 aliphatic rings. The van der Waals surface area contributed by atoms with E-state index in [-0.39, 0.29) is 11.9 Å². The first-order chi connectivity index (χ1) is 15.7. The monoisotopic (exact) mass is 443 g/mol. The van der Waals surface area contributed by atoms with E-state index in [0.29, 0.717) is 32.9 Å². The number of hydrogen-bond acceptors (Lipinski definition) is 7. The Morgan fingerprint density at radius 1 is 1.03 bits per heavy atom. The van der Waals surface area contributed by atoms with Gasteiger partial charge in [-0.05, 0) is 24.3 Å². The van der Waals surface area contributed by atoms with Gasteiger partial charge in [-0.15, -0.1) is 16.4 Å². The molecule has 0 saturated carbocycles. The third-order valence-electron chi connectivity index (χ3n) is 4.69. The molecule has 0 fully saturated rings. The first kappa shape index (κ1) is 19.7. The number of thiazole rings is 1. The fourth-order valence-electron chi connectivity index (χ4n) is 3.21. The van der Waals surface area contributed by atoms with Crippen LogP contribution in [-0.2, 0) is 0 Å². The minimum absolute atomic E-state index is 0.155. The van der Waals surface area contributed by atoms with E-state index in [4.69, 9.17) is 9.15 Å². The molecule has 8 nitrogen and oxygen atoms in total. The van der Waals surface area contributed by atoms with Crippen molar-refractivity contribution in [2.24, 2.45) is 0 Å². The highest BCUT2D eigenvalue weighted by Gasteiger charge is 2.22. The molecule has 9 heteroatoms. The Hall–Kier alpha value is -4.24. The lowest BCUT2D eigenvalue weighted by Crippen LogP contribution is -2.12. The van der Waals surface area contributed by atoms with Crippen LogP contribution in [0.5, 0.6) is 5.75 Å². The van der Waals surface area contributed by atoms with Crippen molar-refractivity contribution >= 4 is 23.2 Å². The van der Waals surface area contributed by atoms with Gasteiger partial charge in [-0.2, -0.15) is 4.98 Å². The Bertz CT molecular complexity index is 1360. The number of carbonyl (C=O) groups excluding carboxylic acids is 1. The van der Waals surface area contributed by atoms with Crippen molar-refractivity contribution in [1.82, 2.24) is 20.2 Å². The van der Waals surface area contributed by atoms with Crippen LogP contribution in [0.3, 0.4) is 0 Å². The average molecular weight is 443 g/mol. The van der Waals surface area contributed by atoms with Gasteiger partial charge in [-0.25, -0.2) is 4.98 Å². The van der Waals surface area contributed by atoms with E-state index >= 15 is 0 Å². The predicted octanol–water partition coefficient (Wildman–Crippen LogP) is 5.12. The van der Waals surface area contributed by atoms with E-state index in [9.17, 15) is 4.79 Å². The average Bonchev–Trinajstić information content (AvgIpc) is 3.60. The molecule has 3 heterocycles. The molecule has 2 aromatic carbocycles. The number of rotatable bonds is 6. The number of carbonyl (C=O) groups is 1. The molecule has 0 bridgehead atoms. The highest BCUT2D eigenvalue weighted by atomic mass is 32.1. The van der Waals surface area contributed by atoms with Gasteiger partial charge in [0.05, 0.1) is 24.6 Å². The summed E-state index contributed by atoms with van der Waals surface area (Å²) in [7, 11) is 1.59. The Morgan fingerprint density at radius 2 is 1.84 bits per heavy atom. The predicted molar refractivity (Wildman–Crippen MR) is 122 cm³/mol. The zero-order valence-electron chi connectivity index (χ0n) is 16.9. The van der Waals surface area contributed by atoms with Gasteiger partial charge in [-0.1, -0.05) is 42.5 Å². The van der Waals surface area contributed by atoms with Gasteiger partial charge in [-0.3, -0.25) is 15.2 Å². The SMILES string of the molecule is COc1ccccc1-c1nc(NC(=O)c2sc(-c3ccco3)nc2-c2ccccc2)n[nH]1. The molecule has 0 radical (unpaired) electrons. The van der Waals surface area contributed by atoms with Crippen LogP contribution in [0.25, 0.3) is 33.4 Å². The molecule has 1 amide bonds. The summed E-state index contributed by atoms with van der Waals surface area (Å²) in [4.78, 5) is 22.7. The maximum absolute atomic E-state index is 13.2. The Kier molecular flexibility index (Phi) is 5.22. The van der Waals surface area contributed by atoms with Crippen LogP contribution in [0.4, 0.5) is 5.95 Å². The van der Waals surface area contributed by atoms with Crippen LogP contribution in [0, 0.1) is 0 Å². The van der Waals surface area contributed by atoms with E-state index in [1.54, 1.807) is 19.4 Å². The number of H-pyrrole nitrogens is 1. The van der Waals surface area contributed by atoms with Gasteiger partial charge in [0, 0.05) is 5.56 Å². The maximum atomic E-state index is 13.2. The molecule has 32 heavy (non-hydrogen) atoms. The van der Waals surface area contributed by atoms with Crippen molar-refractivity contribution in [2.75, 3.05) is 12.4 Å². The number of amides is 1. The van der Waals surface area contributed by atoms with Crippen LogP contribution in [0.2, 0.25) is 0 Å². The van der Waals surface area contributed by atoms with Gasteiger partial charge in [0.25, 0.3) is 5.91 Å². The number of aromatic nitrogens is 4. The molecule has 0 spiro atoms. The standard InChI is InChI=1S/C23H17N5O3S/c1-30-16-11-6-5-10-15(16)20-25-23(28-27-20)26-21(29)19-18(14-8-3-2-4-9-14)24-22(32-19)17-12-7-13-31-17/h2-13H,1H3,(H2,25,26,27,28,29). The van der Waals surface area contributed by atoms with Crippen LogP contribution in [-0.4, -0.2) is 33.2 Å². The first-order valence-electron chi connectivity index (χ1n) is 9.70. The van der Waals surface area contributed by atoms with Crippen molar-refractivity contribution in [3.8, 4) is 39.2 Å². The van der Waals surface area contributed by atoms with Crippen molar-refractivity contribution in [3.05, 3.63) is 77.9 Å². The highest BCUT2D eigenvalue weighted by molar-refractivity contribution is 7.17. The van der Waals surface area contributed by atoms with Crippen LogP contribution >= 0.6 is 11.3 Å². The summed E-state index contributed by atoms with van der Waals surface area (Å²) in [5, 5.41) is 10.4. The maximum Gasteiger partial charge on any atom is 0.270 e. The fraction of sp³-hybridized carbons (Fsp3) is 0.0435. The zero-order chi connectivity index (χ0) is 21.9. The summed E-state index contributed by atoms with van der Waals surface area (Å²) < 4.78 is 10.8. The molecular formula is C23H17N5O3S. The molecule has 2 N–H and O–H groups in total. The topological polar surface area (TPSA) is 106 Å². The van der Waals surface area contributed by atoms with E-state index in [1.807, 2.05) is 60.7 Å². The Morgan fingerprint density at radius 3 is 2.62 bits per heavy atom. The second-order valence-corrected chi connectivity index (χ2v) is 7.70. The number of nitrogens with zero attached hydrogens (tertiary/aromatic N) is 3. The van der Waals surface area contributed by atoms with E-state index < -0.39 is 0 Å². The molecule has 3 aromatic heterocycles. The van der Waals surface area contributed by atoms with Gasteiger partial charge < -0.3 is 9.15 Å². The zero-order valence-corrected chi connectivity index (χ0v) is 17.7. The molecule has 0 aliphatic carbocycles. The molecule has 5 aromatic rings. The van der Waals surface area contributed by atoms with Crippen molar-refractivity contribution in [1.29, 1.82) is 0 Å². The lowest BCUT2D eigenvalue weighted by Gasteiger charge is -2.04. The van der Waals surface area contributed by atoms with Gasteiger partial charge in [0.2, 0.25) is 5.95 Å². The molecular weight excluding hydrogens is 426 g/mol. The van der Waals surface area contributed by atoms with E-state index in [1.165, 1.54) is 11.3 Å². The number of furan rings is 1. The van der Waals surface area contributed by atoms with Crippen LogP contribution in [0.1, 0.15) is 9.67 Å². The minimum Gasteiger partial charge on any atom is -0.496 e. The number of anilines is 1. The quantitative estimate of drug-likeness (QED) is 0.377. The molecule has 0 unspecified atom stereocenters. The Balaban J connectivity index is 1.47. The molecule has 158 valence electrons. The summed E-state index contributed by atoms with van der Waals surface area (Å²) in [5.74, 6) is 1.54. The van der Waals surface area contributed by atoms with Crippen LogP contribution in [0.15, 0.2) is 77.4 Å². The third-order valence-corrected chi connectivity index (χ3v) is 5.75. The second-order valence-electron chi connectivity index (χ2n) is 6.70. The number of aromatic amines is 1. The van der Waals surface area contributed by atoms with E-state index in [0.717, 1.165) is 11.1 Å².